The lowest BCUT2D eigenvalue weighted by atomic mass is 10.1. The van der Waals surface area contributed by atoms with E-state index < -0.39 is 0 Å². The van der Waals surface area contributed by atoms with Crippen molar-refractivity contribution in [1.82, 2.24) is 4.98 Å². The van der Waals surface area contributed by atoms with Crippen LogP contribution >= 0.6 is 0 Å². The first kappa shape index (κ1) is 9.68. The third-order valence-corrected chi connectivity index (χ3v) is 2.25. The summed E-state index contributed by atoms with van der Waals surface area (Å²) in [5.74, 6) is 0.388. The number of nitrogen functional groups attached to an aromatic ring is 1. The number of pyridine rings is 1. The SMILES string of the molecule is Nc1nc(-c2ccccc2)ccc1CO. The highest BCUT2D eigenvalue weighted by Gasteiger charge is 2.02. The van der Waals surface area contributed by atoms with Crippen molar-refractivity contribution in [2.45, 2.75) is 6.61 Å². The van der Waals surface area contributed by atoms with Crippen molar-refractivity contribution in [3.63, 3.8) is 0 Å². The Morgan fingerprint density at radius 1 is 1.07 bits per heavy atom. The molecule has 0 aliphatic carbocycles. The molecule has 0 unspecified atom stereocenters. The Kier molecular flexibility index (Phi) is 2.65. The molecular weight excluding hydrogens is 188 g/mol. The van der Waals surface area contributed by atoms with Crippen molar-refractivity contribution in [3.8, 4) is 11.3 Å². The molecule has 76 valence electrons. The molecule has 0 radical (unpaired) electrons. The van der Waals surface area contributed by atoms with Crippen molar-refractivity contribution in [2.75, 3.05) is 5.73 Å². The molecule has 1 heterocycles. The Balaban J connectivity index is 2.43. The summed E-state index contributed by atoms with van der Waals surface area (Å²) in [7, 11) is 0. The van der Waals surface area contributed by atoms with E-state index in [9.17, 15) is 0 Å². The third-order valence-electron chi connectivity index (χ3n) is 2.25. The van der Waals surface area contributed by atoms with E-state index in [0.717, 1.165) is 11.3 Å². The van der Waals surface area contributed by atoms with Crippen LogP contribution in [0.15, 0.2) is 42.5 Å². The standard InChI is InChI=1S/C12H12N2O/c13-12-10(8-15)6-7-11(14-12)9-4-2-1-3-5-9/h1-7,15H,8H2,(H2,13,14). The summed E-state index contributed by atoms with van der Waals surface area (Å²) in [6, 6.07) is 13.5. The normalized spacial score (nSPS) is 10.2. The van der Waals surface area contributed by atoms with Gasteiger partial charge in [0.1, 0.15) is 5.82 Å². The lowest BCUT2D eigenvalue weighted by Gasteiger charge is -2.05. The van der Waals surface area contributed by atoms with Crippen LogP contribution in [0.25, 0.3) is 11.3 Å². The van der Waals surface area contributed by atoms with Crippen LogP contribution in [-0.2, 0) is 6.61 Å². The van der Waals surface area contributed by atoms with Crippen LogP contribution in [0.2, 0.25) is 0 Å². The molecule has 0 saturated heterocycles. The first-order valence-corrected chi connectivity index (χ1v) is 4.73. The number of aromatic nitrogens is 1. The highest BCUT2D eigenvalue weighted by atomic mass is 16.3. The van der Waals surface area contributed by atoms with E-state index in [-0.39, 0.29) is 6.61 Å². The predicted molar refractivity (Wildman–Crippen MR) is 60.0 cm³/mol. The van der Waals surface area contributed by atoms with Crippen LogP contribution in [0, 0.1) is 0 Å². The average Bonchev–Trinajstić information content (AvgIpc) is 2.30. The van der Waals surface area contributed by atoms with Crippen LogP contribution < -0.4 is 5.73 Å². The smallest absolute Gasteiger partial charge is 0.129 e. The highest BCUT2D eigenvalue weighted by molar-refractivity contribution is 5.61. The minimum absolute atomic E-state index is 0.0755. The van der Waals surface area contributed by atoms with Gasteiger partial charge in [0.2, 0.25) is 0 Å². The Bertz CT molecular complexity index is 454. The molecule has 0 bridgehead atoms. The van der Waals surface area contributed by atoms with Gasteiger partial charge in [-0.3, -0.25) is 0 Å². The van der Waals surface area contributed by atoms with Gasteiger partial charge in [0.05, 0.1) is 12.3 Å². The van der Waals surface area contributed by atoms with E-state index in [1.54, 1.807) is 6.07 Å². The van der Waals surface area contributed by atoms with Crippen molar-refractivity contribution < 1.29 is 5.11 Å². The molecule has 2 aromatic rings. The zero-order valence-electron chi connectivity index (χ0n) is 8.22. The van der Waals surface area contributed by atoms with E-state index >= 15 is 0 Å². The number of aliphatic hydroxyl groups is 1. The summed E-state index contributed by atoms with van der Waals surface area (Å²) in [5.41, 5.74) is 8.21. The number of anilines is 1. The molecule has 0 aliphatic heterocycles. The van der Waals surface area contributed by atoms with Crippen molar-refractivity contribution >= 4 is 5.82 Å². The predicted octanol–water partition coefficient (Wildman–Crippen LogP) is 1.82. The van der Waals surface area contributed by atoms with Gasteiger partial charge in [0, 0.05) is 11.1 Å². The summed E-state index contributed by atoms with van der Waals surface area (Å²) in [6.07, 6.45) is 0. The lowest BCUT2D eigenvalue weighted by molar-refractivity contribution is 0.282. The molecule has 3 N–H and O–H groups in total. The van der Waals surface area contributed by atoms with Gasteiger partial charge in [-0.1, -0.05) is 36.4 Å². The van der Waals surface area contributed by atoms with Gasteiger partial charge < -0.3 is 10.8 Å². The van der Waals surface area contributed by atoms with E-state index in [2.05, 4.69) is 4.98 Å². The fourth-order valence-corrected chi connectivity index (χ4v) is 1.41. The van der Waals surface area contributed by atoms with Gasteiger partial charge in [-0.25, -0.2) is 4.98 Å². The molecule has 3 heteroatoms. The second-order valence-corrected chi connectivity index (χ2v) is 3.26. The maximum atomic E-state index is 8.96. The number of benzene rings is 1. The van der Waals surface area contributed by atoms with Crippen LogP contribution in [0.3, 0.4) is 0 Å². The Morgan fingerprint density at radius 2 is 1.80 bits per heavy atom. The first-order valence-electron chi connectivity index (χ1n) is 4.73. The molecule has 1 aromatic carbocycles. The van der Waals surface area contributed by atoms with E-state index in [4.69, 9.17) is 10.8 Å². The molecule has 0 spiro atoms. The van der Waals surface area contributed by atoms with Crippen LogP contribution in [-0.4, -0.2) is 10.1 Å². The molecule has 0 atom stereocenters. The topological polar surface area (TPSA) is 59.1 Å². The van der Waals surface area contributed by atoms with E-state index in [1.807, 2.05) is 36.4 Å². The number of nitrogens with zero attached hydrogens (tertiary/aromatic N) is 1. The summed E-state index contributed by atoms with van der Waals surface area (Å²) in [6.45, 7) is -0.0755. The van der Waals surface area contributed by atoms with Crippen molar-refractivity contribution in [3.05, 3.63) is 48.0 Å². The maximum Gasteiger partial charge on any atom is 0.129 e. The van der Waals surface area contributed by atoms with Gasteiger partial charge in [0.25, 0.3) is 0 Å². The van der Waals surface area contributed by atoms with Crippen molar-refractivity contribution in [1.29, 1.82) is 0 Å². The number of nitrogens with two attached hydrogens (primary N) is 1. The third kappa shape index (κ3) is 1.97. The lowest BCUT2D eigenvalue weighted by Crippen LogP contribution is -1.98. The number of rotatable bonds is 2. The zero-order valence-corrected chi connectivity index (χ0v) is 8.22. The monoisotopic (exact) mass is 200 g/mol. The second-order valence-electron chi connectivity index (χ2n) is 3.26. The Morgan fingerprint density at radius 3 is 2.40 bits per heavy atom. The molecule has 2 rings (SSSR count). The molecular formula is C12H12N2O. The van der Waals surface area contributed by atoms with Gasteiger partial charge in [0.15, 0.2) is 0 Å². The van der Waals surface area contributed by atoms with Gasteiger partial charge in [-0.05, 0) is 6.07 Å². The number of hydrogen-bond acceptors (Lipinski definition) is 3. The minimum atomic E-state index is -0.0755. The first-order chi connectivity index (χ1) is 7.31. The molecule has 0 saturated carbocycles. The summed E-state index contributed by atoms with van der Waals surface area (Å²) in [4.78, 5) is 4.23. The highest BCUT2D eigenvalue weighted by Crippen LogP contribution is 2.19. The largest absolute Gasteiger partial charge is 0.392 e. The zero-order chi connectivity index (χ0) is 10.7. The maximum absolute atomic E-state index is 8.96. The van der Waals surface area contributed by atoms with Crippen molar-refractivity contribution in [2.24, 2.45) is 0 Å². The van der Waals surface area contributed by atoms with Gasteiger partial charge in [-0.2, -0.15) is 0 Å². The van der Waals surface area contributed by atoms with Crippen LogP contribution in [0.1, 0.15) is 5.56 Å². The number of aliphatic hydroxyl groups excluding tert-OH is 1. The molecule has 0 amide bonds. The van der Waals surface area contributed by atoms with Crippen LogP contribution in [0.4, 0.5) is 5.82 Å². The fourth-order valence-electron chi connectivity index (χ4n) is 1.41. The molecule has 1 aromatic heterocycles. The second kappa shape index (κ2) is 4.11. The van der Waals surface area contributed by atoms with E-state index in [0.29, 0.717) is 11.4 Å². The Hall–Kier alpha value is -1.87. The number of hydrogen-bond donors (Lipinski definition) is 2. The molecule has 0 aliphatic rings. The summed E-state index contributed by atoms with van der Waals surface area (Å²) in [5, 5.41) is 8.96. The molecule has 3 nitrogen and oxygen atoms in total. The summed E-state index contributed by atoms with van der Waals surface area (Å²) >= 11 is 0. The fraction of sp³-hybridized carbons (Fsp3) is 0.0833. The average molecular weight is 200 g/mol. The summed E-state index contributed by atoms with van der Waals surface area (Å²) < 4.78 is 0. The minimum Gasteiger partial charge on any atom is -0.392 e. The molecule has 0 fully saturated rings. The van der Waals surface area contributed by atoms with E-state index in [1.165, 1.54) is 0 Å². The Labute approximate surface area is 88.2 Å². The van der Waals surface area contributed by atoms with Crippen LogP contribution in [0.5, 0.6) is 0 Å². The van der Waals surface area contributed by atoms with Gasteiger partial charge in [-0.15, -0.1) is 0 Å². The van der Waals surface area contributed by atoms with Gasteiger partial charge >= 0.3 is 0 Å². The molecule has 15 heavy (non-hydrogen) atoms. The quantitative estimate of drug-likeness (QED) is 0.777.